The Kier molecular flexibility index (Phi) is 6.27. The molecule has 160 valence electrons. The number of carbonyl (C=O) groups is 1. The van der Waals surface area contributed by atoms with Crippen LogP contribution in [0.2, 0.25) is 5.02 Å². The molecular weight excluding hydrogens is 400 g/mol. The molecule has 2 saturated heterocycles. The molecule has 0 bridgehead atoms. The third-order valence-electron chi connectivity index (χ3n) is 5.82. The van der Waals surface area contributed by atoms with Gasteiger partial charge < -0.3 is 20.0 Å². The Hall–Kier alpha value is -2.54. The Morgan fingerprint density at radius 2 is 1.53 bits per heavy atom. The Labute approximate surface area is 183 Å². The third-order valence-corrected chi connectivity index (χ3v) is 6.06. The molecule has 2 amide bonds. The molecule has 8 heteroatoms. The fourth-order valence-corrected chi connectivity index (χ4v) is 4.22. The molecule has 1 N–H and O–H groups in total. The number of benzene rings is 1. The second kappa shape index (κ2) is 9.08. The summed E-state index contributed by atoms with van der Waals surface area (Å²) in [4.78, 5) is 28.5. The van der Waals surface area contributed by atoms with Crippen LogP contribution in [0.1, 0.15) is 30.7 Å². The molecule has 3 heterocycles. The molecule has 2 aliphatic rings. The summed E-state index contributed by atoms with van der Waals surface area (Å²) in [6, 6.07) is 7.54. The highest BCUT2D eigenvalue weighted by Crippen LogP contribution is 2.24. The average molecular weight is 429 g/mol. The van der Waals surface area contributed by atoms with Crippen molar-refractivity contribution in [1.29, 1.82) is 0 Å². The van der Waals surface area contributed by atoms with E-state index in [2.05, 4.69) is 31.2 Å². The summed E-state index contributed by atoms with van der Waals surface area (Å²) in [6.45, 7) is 8.82. The quantitative estimate of drug-likeness (QED) is 0.797. The zero-order valence-electron chi connectivity index (χ0n) is 17.7. The number of aryl methyl sites for hydroxylation is 2. The highest BCUT2D eigenvalue weighted by Gasteiger charge is 2.24. The smallest absolute Gasteiger partial charge is 0.321 e. The van der Waals surface area contributed by atoms with Crippen molar-refractivity contribution < 1.29 is 4.79 Å². The fourth-order valence-electron chi connectivity index (χ4n) is 4.05. The van der Waals surface area contributed by atoms with E-state index >= 15 is 0 Å². The Balaban J connectivity index is 1.39. The van der Waals surface area contributed by atoms with Crippen LogP contribution in [0.3, 0.4) is 0 Å². The third kappa shape index (κ3) is 4.78. The summed E-state index contributed by atoms with van der Waals surface area (Å²) in [5.41, 5.74) is 1.75. The molecule has 2 aliphatic heterocycles. The Morgan fingerprint density at radius 3 is 2.20 bits per heavy atom. The van der Waals surface area contributed by atoms with Gasteiger partial charge in [0.25, 0.3) is 0 Å². The maximum absolute atomic E-state index is 12.7. The van der Waals surface area contributed by atoms with Gasteiger partial charge in [0.05, 0.1) is 0 Å². The van der Waals surface area contributed by atoms with Crippen LogP contribution in [-0.2, 0) is 0 Å². The summed E-state index contributed by atoms with van der Waals surface area (Å²) >= 11 is 6.07. The zero-order chi connectivity index (χ0) is 21.1. The van der Waals surface area contributed by atoms with Crippen LogP contribution in [0, 0.1) is 13.8 Å². The van der Waals surface area contributed by atoms with Crippen LogP contribution >= 0.6 is 11.6 Å². The van der Waals surface area contributed by atoms with E-state index < -0.39 is 0 Å². The maximum Gasteiger partial charge on any atom is 0.321 e. The number of piperidine rings is 1. The molecule has 0 atom stereocenters. The van der Waals surface area contributed by atoms with Crippen molar-refractivity contribution >= 4 is 35.0 Å². The van der Waals surface area contributed by atoms with Crippen molar-refractivity contribution in [2.24, 2.45) is 0 Å². The van der Waals surface area contributed by atoms with Crippen molar-refractivity contribution in [3.8, 4) is 0 Å². The summed E-state index contributed by atoms with van der Waals surface area (Å²) in [6.07, 6.45) is 3.74. The first-order valence-electron chi connectivity index (χ1n) is 10.7. The molecule has 1 aromatic carbocycles. The molecule has 7 nitrogen and oxygen atoms in total. The molecule has 0 unspecified atom stereocenters. The van der Waals surface area contributed by atoms with Crippen molar-refractivity contribution in [2.75, 3.05) is 54.4 Å². The van der Waals surface area contributed by atoms with Gasteiger partial charge in [-0.25, -0.2) is 14.8 Å². The second-order valence-electron chi connectivity index (χ2n) is 8.04. The fraction of sp³-hybridized carbons (Fsp3) is 0.500. The number of anilines is 3. The predicted molar refractivity (Wildman–Crippen MR) is 122 cm³/mol. The molecular formula is C22H29ClN6O. The first-order chi connectivity index (χ1) is 14.5. The van der Waals surface area contributed by atoms with Gasteiger partial charge in [0.1, 0.15) is 17.5 Å². The Morgan fingerprint density at radius 1 is 0.900 bits per heavy atom. The minimum atomic E-state index is -0.0899. The number of nitrogens with one attached hydrogen (secondary N) is 1. The summed E-state index contributed by atoms with van der Waals surface area (Å²) in [5, 5.41) is 3.60. The van der Waals surface area contributed by atoms with Crippen LogP contribution in [0.5, 0.6) is 0 Å². The van der Waals surface area contributed by atoms with Gasteiger partial charge in [-0.15, -0.1) is 0 Å². The van der Waals surface area contributed by atoms with Crippen LogP contribution < -0.4 is 15.1 Å². The van der Waals surface area contributed by atoms with E-state index in [-0.39, 0.29) is 6.03 Å². The van der Waals surface area contributed by atoms with E-state index in [1.165, 1.54) is 19.3 Å². The van der Waals surface area contributed by atoms with E-state index in [0.29, 0.717) is 18.1 Å². The summed E-state index contributed by atoms with van der Waals surface area (Å²) in [7, 11) is 0. The lowest BCUT2D eigenvalue weighted by Gasteiger charge is -2.36. The van der Waals surface area contributed by atoms with E-state index in [1.807, 2.05) is 30.9 Å². The highest BCUT2D eigenvalue weighted by atomic mass is 35.5. The molecule has 2 fully saturated rings. The molecule has 0 aliphatic carbocycles. The second-order valence-corrected chi connectivity index (χ2v) is 8.48. The first-order valence-corrected chi connectivity index (χ1v) is 11.0. The molecule has 0 spiro atoms. The number of rotatable bonds is 3. The number of halogens is 1. The van der Waals surface area contributed by atoms with E-state index in [4.69, 9.17) is 11.6 Å². The lowest BCUT2D eigenvalue weighted by molar-refractivity contribution is 0.208. The molecule has 4 rings (SSSR count). The Bertz CT molecular complexity index is 906. The van der Waals surface area contributed by atoms with Gasteiger partial charge >= 0.3 is 6.03 Å². The van der Waals surface area contributed by atoms with Gasteiger partial charge in [0.2, 0.25) is 0 Å². The molecule has 0 radical (unpaired) electrons. The number of urea groups is 1. The van der Waals surface area contributed by atoms with E-state index in [9.17, 15) is 4.79 Å². The topological polar surface area (TPSA) is 64.6 Å². The summed E-state index contributed by atoms with van der Waals surface area (Å²) in [5.74, 6) is 2.77. The standard InChI is InChI=1S/C22H29ClN6O/c1-16-6-7-18(23)14-19(16)26-22(30)29-12-10-28(11-13-29)21-15-20(24-17(2)25-21)27-8-4-3-5-9-27/h6-7,14-15H,3-5,8-13H2,1-2H3,(H,26,30). The zero-order valence-corrected chi connectivity index (χ0v) is 18.5. The van der Waals surface area contributed by atoms with Crippen molar-refractivity contribution in [2.45, 2.75) is 33.1 Å². The average Bonchev–Trinajstić information content (AvgIpc) is 2.76. The predicted octanol–water partition coefficient (Wildman–Crippen LogP) is 4.09. The number of carbonyl (C=O) groups excluding carboxylic acids is 1. The molecule has 0 saturated carbocycles. The van der Waals surface area contributed by atoms with Crippen molar-refractivity contribution in [3.63, 3.8) is 0 Å². The largest absolute Gasteiger partial charge is 0.356 e. The number of nitrogens with zero attached hydrogens (tertiary/aromatic N) is 5. The van der Waals surface area contributed by atoms with E-state index in [1.54, 1.807) is 6.07 Å². The first kappa shape index (κ1) is 20.7. The maximum atomic E-state index is 12.7. The number of hydrogen-bond donors (Lipinski definition) is 1. The molecule has 30 heavy (non-hydrogen) atoms. The van der Waals surface area contributed by atoms with Crippen LogP contribution in [0.25, 0.3) is 0 Å². The number of hydrogen-bond acceptors (Lipinski definition) is 5. The van der Waals surface area contributed by atoms with Gasteiger partial charge in [0, 0.05) is 56.0 Å². The van der Waals surface area contributed by atoms with Crippen molar-refractivity contribution in [1.82, 2.24) is 14.9 Å². The van der Waals surface area contributed by atoms with Gasteiger partial charge in [-0.3, -0.25) is 0 Å². The van der Waals surface area contributed by atoms with Gasteiger partial charge in [-0.1, -0.05) is 17.7 Å². The molecule has 1 aromatic heterocycles. The van der Waals surface area contributed by atoms with Crippen molar-refractivity contribution in [3.05, 3.63) is 40.7 Å². The number of aromatic nitrogens is 2. The lowest BCUT2D eigenvalue weighted by atomic mass is 10.1. The minimum Gasteiger partial charge on any atom is -0.356 e. The summed E-state index contributed by atoms with van der Waals surface area (Å²) < 4.78 is 0. The van der Waals surface area contributed by atoms with Gasteiger partial charge in [-0.05, 0) is 50.8 Å². The highest BCUT2D eigenvalue weighted by molar-refractivity contribution is 6.31. The SMILES string of the molecule is Cc1nc(N2CCCCC2)cc(N2CCN(C(=O)Nc3cc(Cl)ccc3C)CC2)n1. The van der Waals surface area contributed by atoms with Crippen LogP contribution in [0.15, 0.2) is 24.3 Å². The van der Waals surface area contributed by atoms with Crippen LogP contribution in [-0.4, -0.2) is 60.2 Å². The van der Waals surface area contributed by atoms with Gasteiger partial charge in [-0.2, -0.15) is 0 Å². The minimum absolute atomic E-state index is 0.0899. The monoisotopic (exact) mass is 428 g/mol. The lowest BCUT2D eigenvalue weighted by Crippen LogP contribution is -2.50. The van der Waals surface area contributed by atoms with Crippen LogP contribution in [0.4, 0.5) is 22.1 Å². The van der Waals surface area contributed by atoms with E-state index in [0.717, 1.165) is 54.9 Å². The number of piperazine rings is 1. The molecule has 2 aromatic rings. The number of amides is 2. The van der Waals surface area contributed by atoms with Gasteiger partial charge in [0.15, 0.2) is 0 Å². The normalized spacial score (nSPS) is 17.2.